The fraction of sp³-hybridized carbons (Fsp3) is 0.115. The predicted octanol–water partition coefficient (Wildman–Crippen LogP) is 5.91. The summed E-state index contributed by atoms with van der Waals surface area (Å²) in [5, 5.41) is 6.04. The Morgan fingerprint density at radius 1 is 0.774 bits per heavy atom. The van der Waals surface area contributed by atoms with E-state index in [1.54, 1.807) is 6.92 Å². The molecule has 5 heteroatoms. The Morgan fingerprint density at radius 3 is 2.06 bits per heavy atom. The van der Waals surface area contributed by atoms with Crippen LogP contribution in [0.25, 0.3) is 21.8 Å². The molecule has 0 saturated carbocycles. The van der Waals surface area contributed by atoms with Gasteiger partial charge in [-0.2, -0.15) is 0 Å². The topological polar surface area (TPSA) is 63.9 Å². The highest BCUT2D eigenvalue weighted by atomic mass is 16.2. The maximum Gasteiger partial charge on any atom is 0.224 e. The molecular formula is C26H22N4O. The van der Waals surface area contributed by atoms with Gasteiger partial charge >= 0.3 is 0 Å². The molecule has 152 valence electrons. The molecule has 5 aromatic rings. The fourth-order valence-electron chi connectivity index (χ4n) is 4.97. The molecule has 2 atom stereocenters. The second kappa shape index (κ2) is 6.77. The molecule has 0 radical (unpaired) electrons. The molecule has 3 N–H and O–H groups in total. The summed E-state index contributed by atoms with van der Waals surface area (Å²) >= 11 is 0. The summed E-state index contributed by atoms with van der Waals surface area (Å²) in [4.78, 5) is 21.8. The van der Waals surface area contributed by atoms with E-state index >= 15 is 0 Å². The van der Waals surface area contributed by atoms with Crippen LogP contribution in [0, 0.1) is 0 Å². The molecule has 0 spiro atoms. The number of hydrogen-bond donors (Lipinski definition) is 3. The number of carbonyl (C=O) groups excluding carboxylic acids is 1. The van der Waals surface area contributed by atoms with Gasteiger partial charge in [-0.25, -0.2) is 0 Å². The number of anilines is 2. The van der Waals surface area contributed by atoms with E-state index in [9.17, 15) is 4.79 Å². The first-order valence-electron chi connectivity index (χ1n) is 10.5. The van der Waals surface area contributed by atoms with E-state index in [1.807, 2.05) is 53.6 Å². The third-order valence-electron chi connectivity index (χ3n) is 6.30. The van der Waals surface area contributed by atoms with E-state index in [-0.39, 0.29) is 18.0 Å². The number of hydrogen-bond acceptors (Lipinski definition) is 2. The monoisotopic (exact) mass is 406 g/mol. The first kappa shape index (κ1) is 17.8. The number of H-pyrrole nitrogens is 2. The normalized spacial score (nSPS) is 18.2. The van der Waals surface area contributed by atoms with Gasteiger partial charge in [-0.15, -0.1) is 0 Å². The summed E-state index contributed by atoms with van der Waals surface area (Å²) in [7, 11) is 0. The highest BCUT2D eigenvalue weighted by Gasteiger charge is 2.40. The van der Waals surface area contributed by atoms with Crippen molar-refractivity contribution in [2.24, 2.45) is 0 Å². The van der Waals surface area contributed by atoms with Gasteiger partial charge in [-0.3, -0.25) is 4.79 Å². The first-order valence-corrected chi connectivity index (χ1v) is 10.5. The quantitative estimate of drug-likeness (QED) is 0.341. The lowest BCUT2D eigenvalue weighted by molar-refractivity contribution is -0.117. The Bertz CT molecular complexity index is 1430. The third-order valence-corrected chi connectivity index (χ3v) is 6.30. The number of nitrogens with one attached hydrogen (secondary N) is 3. The zero-order valence-corrected chi connectivity index (χ0v) is 17.1. The number of aromatic nitrogens is 2. The summed E-state index contributed by atoms with van der Waals surface area (Å²) in [6, 6.07) is 24.3. The summed E-state index contributed by atoms with van der Waals surface area (Å²) < 4.78 is 0. The number of aromatic amines is 2. The number of amides is 1. The van der Waals surface area contributed by atoms with Gasteiger partial charge in [-0.05, 0) is 24.3 Å². The molecule has 0 saturated heterocycles. The van der Waals surface area contributed by atoms with E-state index in [0.717, 1.165) is 44.3 Å². The number of benzene rings is 3. The molecule has 1 aliphatic heterocycles. The van der Waals surface area contributed by atoms with Crippen molar-refractivity contribution in [2.75, 3.05) is 10.2 Å². The minimum absolute atomic E-state index is 0.0223. The molecular weight excluding hydrogens is 384 g/mol. The maximum atomic E-state index is 13.1. The standard InChI is InChI=1S/C26H22N4O/c1-16(31)30-24-13-7-6-12-23(24)29-25(19-14-27-21-10-4-2-8-17(19)21)26(30)20-15-28-22-11-5-3-9-18(20)22/h2-15,25-29H,1H3. The number of fused-ring (bicyclic) bond motifs is 3. The van der Waals surface area contributed by atoms with Crippen LogP contribution in [0.5, 0.6) is 0 Å². The SMILES string of the molecule is CC(=O)N1c2ccccc2NC(c2c[nH]c3ccccc23)C1c1c[nH]c2ccccc12. The van der Waals surface area contributed by atoms with E-state index in [4.69, 9.17) is 0 Å². The van der Waals surface area contributed by atoms with Crippen LogP contribution in [0.3, 0.4) is 0 Å². The summed E-state index contributed by atoms with van der Waals surface area (Å²) in [6.07, 6.45) is 4.11. The smallest absolute Gasteiger partial charge is 0.224 e. The van der Waals surface area contributed by atoms with Crippen molar-refractivity contribution >= 4 is 39.1 Å². The van der Waals surface area contributed by atoms with E-state index in [1.165, 1.54) is 0 Å². The van der Waals surface area contributed by atoms with Gasteiger partial charge < -0.3 is 20.2 Å². The van der Waals surface area contributed by atoms with Gasteiger partial charge in [0.1, 0.15) is 0 Å². The maximum absolute atomic E-state index is 13.1. The average molecular weight is 406 g/mol. The fourth-order valence-corrected chi connectivity index (χ4v) is 4.97. The van der Waals surface area contributed by atoms with Gasteiger partial charge in [0.05, 0.1) is 23.5 Å². The van der Waals surface area contributed by atoms with Crippen LogP contribution >= 0.6 is 0 Å². The summed E-state index contributed by atoms with van der Waals surface area (Å²) in [5.41, 5.74) is 6.27. The molecule has 2 unspecified atom stereocenters. The summed E-state index contributed by atoms with van der Waals surface area (Å²) in [5.74, 6) is 0.0223. The third kappa shape index (κ3) is 2.66. The van der Waals surface area contributed by atoms with E-state index in [2.05, 4.69) is 51.8 Å². The van der Waals surface area contributed by atoms with E-state index in [0.29, 0.717) is 0 Å². The van der Waals surface area contributed by atoms with Crippen molar-refractivity contribution < 1.29 is 4.79 Å². The molecule has 2 aromatic heterocycles. The Morgan fingerprint density at radius 2 is 1.35 bits per heavy atom. The second-order valence-corrected chi connectivity index (χ2v) is 8.05. The Balaban J connectivity index is 1.63. The minimum Gasteiger partial charge on any atom is -0.374 e. The zero-order valence-electron chi connectivity index (χ0n) is 17.1. The lowest BCUT2D eigenvalue weighted by Gasteiger charge is -2.43. The van der Waals surface area contributed by atoms with Gasteiger partial charge in [0.2, 0.25) is 5.91 Å². The van der Waals surface area contributed by atoms with Crippen LogP contribution in [0.1, 0.15) is 30.1 Å². The van der Waals surface area contributed by atoms with Crippen molar-refractivity contribution in [1.82, 2.24) is 9.97 Å². The Hall–Kier alpha value is -3.99. The number of para-hydroxylation sites is 4. The Labute approximate surface area is 179 Å². The van der Waals surface area contributed by atoms with Crippen molar-refractivity contribution in [3.05, 3.63) is 96.3 Å². The van der Waals surface area contributed by atoms with Crippen molar-refractivity contribution in [1.29, 1.82) is 0 Å². The zero-order chi connectivity index (χ0) is 20.9. The van der Waals surface area contributed by atoms with Crippen molar-refractivity contribution in [3.8, 4) is 0 Å². The molecule has 1 amide bonds. The lowest BCUT2D eigenvalue weighted by Crippen LogP contribution is -2.42. The molecule has 3 heterocycles. The predicted molar refractivity (Wildman–Crippen MR) is 125 cm³/mol. The molecule has 0 fully saturated rings. The minimum atomic E-state index is -0.206. The molecule has 0 bridgehead atoms. The van der Waals surface area contributed by atoms with Gasteiger partial charge in [0.15, 0.2) is 0 Å². The lowest BCUT2D eigenvalue weighted by atomic mass is 9.88. The molecule has 5 nitrogen and oxygen atoms in total. The van der Waals surface area contributed by atoms with Gasteiger partial charge in [0, 0.05) is 52.3 Å². The van der Waals surface area contributed by atoms with Gasteiger partial charge in [0.25, 0.3) is 0 Å². The number of nitrogens with zero attached hydrogens (tertiary/aromatic N) is 1. The average Bonchev–Trinajstić information content (AvgIpc) is 3.42. The number of rotatable bonds is 2. The number of carbonyl (C=O) groups is 1. The summed E-state index contributed by atoms with van der Waals surface area (Å²) in [6.45, 7) is 1.65. The molecule has 3 aromatic carbocycles. The largest absolute Gasteiger partial charge is 0.374 e. The highest BCUT2D eigenvalue weighted by molar-refractivity contribution is 5.99. The van der Waals surface area contributed by atoms with Crippen LogP contribution in [-0.2, 0) is 4.79 Å². The van der Waals surface area contributed by atoms with Gasteiger partial charge in [-0.1, -0.05) is 48.5 Å². The van der Waals surface area contributed by atoms with Crippen molar-refractivity contribution in [2.45, 2.75) is 19.0 Å². The highest BCUT2D eigenvalue weighted by Crippen LogP contribution is 2.49. The van der Waals surface area contributed by atoms with E-state index < -0.39 is 0 Å². The molecule has 31 heavy (non-hydrogen) atoms. The van der Waals surface area contributed by atoms with Crippen LogP contribution in [0.4, 0.5) is 11.4 Å². The van der Waals surface area contributed by atoms with Crippen molar-refractivity contribution in [3.63, 3.8) is 0 Å². The second-order valence-electron chi connectivity index (χ2n) is 8.05. The van der Waals surface area contributed by atoms with Crippen LogP contribution in [-0.4, -0.2) is 15.9 Å². The molecule has 1 aliphatic rings. The Kier molecular flexibility index (Phi) is 3.90. The molecule has 0 aliphatic carbocycles. The first-order chi connectivity index (χ1) is 15.2. The van der Waals surface area contributed by atoms with Crippen LogP contribution in [0.15, 0.2) is 85.2 Å². The van der Waals surface area contributed by atoms with Crippen LogP contribution < -0.4 is 10.2 Å². The molecule has 6 rings (SSSR count). The van der Waals surface area contributed by atoms with Crippen LogP contribution in [0.2, 0.25) is 0 Å².